The molecule has 0 spiro atoms. The summed E-state index contributed by atoms with van der Waals surface area (Å²) < 4.78 is 0. The van der Waals surface area contributed by atoms with Gasteiger partial charge in [0.05, 0.1) is 5.60 Å². The van der Waals surface area contributed by atoms with Crippen molar-refractivity contribution in [1.29, 1.82) is 0 Å². The molecule has 3 rings (SSSR count). The first kappa shape index (κ1) is 16.6. The molecule has 3 nitrogen and oxygen atoms in total. The summed E-state index contributed by atoms with van der Waals surface area (Å²) in [6.07, 6.45) is 4.59. The third kappa shape index (κ3) is 3.05. The summed E-state index contributed by atoms with van der Waals surface area (Å²) in [7, 11) is 4.15. The van der Waals surface area contributed by atoms with Gasteiger partial charge in [0, 0.05) is 12.5 Å². The van der Waals surface area contributed by atoms with Crippen molar-refractivity contribution in [3.8, 4) is 5.75 Å². The highest BCUT2D eigenvalue weighted by molar-refractivity contribution is 5.85. The number of phenolic OH excluding ortho intramolecular Hbond substituents is 1. The van der Waals surface area contributed by atoms with Gasteiger partial charge in [0.1, 0.15) is 5.75 Å². The van der Waals surface area contributed by atoms with Gasteiger partial charge in [-0.25, -0.2) is 0 Å². The minimum Gasteiger partial charge on any atom is -0.508 e. The lowest BCUT2D eigenvalue weighted by Crippen LogP contribution is -2.47. The number of phenols is 1. The van der Waals surface area contributed by atoms with Crippen LogP contribution in [0.5, 0.6) is 5.75 Å². The predicted molar refractivity (Wildman–Crippen MR) is 86.7 cm³/mol. The van der Waals surface area contributed by atoms with Crippen molar-refractivity contribution in [2.24, 2.45) is 17.8 Å². The fraction of sp³-hybridized carbons (Fsp3) is 0.647. The second-order valence-corrected chi connectivity index (χ2v) is 6.99. The van der Waals surface area contributed by atoms with Gasteiger partial charge in [0.25, 0.3) is 0 Å². The van der Waals surface area contributed by atoms with Crippen LogP contribution in [-0.4, -0.2) is 35.8 Å². The summed E-state index contributed by atoms with van der Waals surface area (Å²) in [4.78, 5) is 2.18. The van der Waals surface area contributed by atoms with E-state index in [0.29, 0.717) is 11.8 Å². The molecule has 0 aliphatic heterocycles. The molecule has 0 heterocycles. The number of hydrogen-bond donors (Lipinski definition) is 2. The third-order valence-corrected chi connectivity index (χ3v) is 5.27. The molecule has 2 aliphatic rings. The van der Waals surface area contributed by atoms with E-state index < -0.39 is 5.60 Å². The molecule has 0 saturated heterocycles. The summed E-state index contributed by atoms with van der Waals surface area (Å²) in [5.74, 6) is 1.77. The van der Waals surface area contributed by atoms with E-state index in [4.69, 9.17) is 0 Å². The zero-order valence-corrected chi connectivity index (χ0v) is 13.6. The zero-order chi connectivity index (χ0) is 14.3. The van der Waals surface area contributed by atoms with Crippen LogP contribution in [0.1, 0.15) is 31.2 Å². The maximum atomic E-state index is 11.4. The first-order chi connectivity index (χ1) is 9.49. The molecule has 2 saturated carbocycles. The third-order valence-electron chi connectivity index (χ3n) is 5.27. The Balaban J connectivity index is 0.00000161. The van der Waals surface area contributed by atoms with Gasteiger partial charge in [-0.15, -0.1) is 12.4 Å². The summed E-state index contributed by atoms with van der Waals surface area (Å²) in [5, 5.41) is 21.2. The quantitative estimate of drug-likeness (QED) is 0.902. The molecule has 1 aromatic carbocycles. The number of halogens is 1. The molecule has 1 aromatic rings. The lowest BCUT2D eigenvalue weighted by Gasteiger charge is -2.45. The maximum Gasteiger partial charge on any atom is 0.115 e. The highest BCUT2D eigenvalue weighted by atomic mass is 35.5. The van der Waals surface area contributed by atoms with Crippen LogP contribution in [0.25, 0.3) is 0 Å². The summed E-state index contributed by atoms with van der Waals surface area (Å²) in [6.45, 7) is 0.906. The van der Waals surface area contributed by atoms with Gasteiger partial charge >= 0.3 is 0 Å². The Morgan fingerprint density at radius 1 is 1.29 bits per heavy atom. The Bertz CT molecular complexity index is 493. The first-order valence-corrected chi connectivity index (χ1v) is 7.65. The molecule has 0 aromatic heterocycles. The average molecular weight is 312 g/mol. The topological polar surface area (TPSA) is 43.7 Å². The van der Waals surface area contributed by atoms with Crippen molar-refractivity contribution < 1.29 is 10.2 Å². The van der Waals surface area contributed by atoms with E-state index in [1.54, 1.807) is 12.1 Å². The van der Waals surface area contributed by atoms with Gasteiger partial charge in [0.15, 0.2) is 0 Å². The Morgan fingerprint density at radius 3 is 2.71 bits per heavy atom. The number of aliphatic hydroxyl groups is 1. The van der Waals surface area contributed by atoms with E-state index in [0.717, 1.165) is 18.5 Å². The summed E-state index contributed by atoms with van der Waals surface area (Å²) >= 11 is 0. The average Bonchev–Trinajstić information content (AvgIpc) is 2.78. The smallest absolute Gasteiger partial charge is 0.115 e. The molecular formula is C17H26ClNO2. The van der Waals surface area contributed by atoms with Crippen molar-refractivity contribution in [2.75, 3.05) is 20.6 Å². The minimum atomic E-state index is -0.785. The number of nitrogens with zero attached hydrogens (tertiary/aromatic N) is 1. The highest BCUT2D eigenvalue weighted by Gasteiger charge is 2.51. The van der Waals surface area contributed by atoms with Crippen LogP contribution in [0.2, 0.25) is 0 Å². The van der Waals surface area contributed by atoms with Gasteiger partial charge < -0.3 is 15.1 Å². The van der Waals surface area contributed by atoms with E-state index in [-0.39, 0.29) is 24.1 Å². The van der Waals surface area contributed by atoms with Crippen LogP contribution in [0.15, 0.2) is 24.3 Å². The minimum absolute atomic E-state index is 0. The molecule has 2 fully saturated rings. The van der Waals surface area contributed by atoms with Crippen molar-refractivity contribution in [2.45, 2.75) is 31.3 Å². The molecule has 4 heteroatoms. The van der Waals surface area contributed by atoms with E-state index >= 15 is 0 Å². The van der Waals surface area contributed by atoms with E-state index in [2.05, 4.69) is 19.0 Å². The normalized spacial score (nSPS) is 34.8. The fourth-order valence-electron chi connectivity index (χ4n) is 4.45. The first-order valence-electron chi connectivity index (χ1n) is 7.65. The molecule has 4 unspecified atom stereocenters. The molecule has 4 atom stereocenters. The van der Waals surface area contributed by atoms with Crippen LogP contribution in [0.3, 0.4) is 0 Å². The second kappa shape index (κ2) is 6.15. The van der Waals surface area contributed by atoms with Crippen LogP contribution in [-0.2, 0) is 5.60 Å². The zero-order valence-electron chi connectivity index (χ0n) is 12.8. The van der Waals surface area contributed by atoms with Gasteiger partial charge in [-0.05, 0) is 62.9 Å². The number of fused-ring (bicyclic) bond motifs is 2. The van der Waals surface area contributed by atoms with Gasteiger partial charge in [-0.3, -0.25) is 0 Å². The number of hydrogen-bond acceptors (Lipinski definition) is 3. The van der Waals surface area contributed by atoms with E-state index in [1.165, 1.54) is 19.3 Å². The molecule has 0 radical (unpaired) electrons. The maximum absolute atomic E-state index is 11.4. The highest BCUT2D eigenvalue weighted by Crippen LogP contribution is 2.54. The number of benzene rings is 1. The molecular weight excluding hydrogens is 286 g/mol. The monoisotopic (exact) mass is 311 g/mol. The van der Waals surface area contributed by atoms with Gasteiger partial charge in [-0.1, -0.05) is 18.6 Å². The largest absolute Gasteiger partial charge is 0.508 e. The van der Waals surface area contributed by atoms with Gasteiger partial charge in [0.2, 0.25) is 0 Å². The Kier molecular flexibility index (Phi) is 4.86. The fourth-order valence-corrected chi connectivity index (χ4v) is 4.45. The van der Waals surface area contributed by atoms with Gasteiger partial charge in [-0.2, -0.15) is 0 Å². The van der Waals surface area contributed by atoms with Crippen molar-refractivity contribution in [3.63, 3.8) is 0 Å². The van der Waals surface area contributed by atoms with Crippen LogP contribution < -0.4 is 0 Å². The van der Waals surface area contributed by atoms with Crippen molar-refractivity contribution >= 4 is 12.4 Å². The SMILES string of the molecule is CN(C)CC1C2CCC(C2)CC1(O)c1cccc(O)c1.Cl. The molecule has 2 bridgehead atoms. The Morgan fingerprint density at radius 2 is 2.05 bits per heavy atom. The van der Waals surface area contributed by atoms with Crippen LogP contribution in [0, 0.1) is 17.8 Å². The lowest BCUT2D eigenvalue weighted by atomic mass is 9.66. The Hall–Kier alpha value is -0.770. The van der Waals surface area contributed by atoms with Crippen molar-refractivity contribution in [3.05, 3.63) is 29.8 Å². The summed E-state index contributed by atoms with van der Waals surface area (Å²) in [6, 6.07) is 7.22. The lowest BCUT2D eigenvalue weighted by molar-refractivity contribution is -0.0892. The predicted octanol–water partition coefficient (Wildman–Crippen LogP) is 3.00. The molecule has 2 aliphatic carbocycles. The molecule has 2 N–H and O–H groups in total. The van der Waals surface area contributed by atoms with E-state index in [1.807, 2.05) is 12.1 Å². The number of aromatic hydroxyl groups is 1. The summed E-state index contributed by atoms with van der Waals surface area (Å²) in [5.41, 5.74) is 0.105. The number of rotatable bonds is 3. The standard InChI is InChI=1S/C17H25NO2.ClH/c1-18(2)11-16-13-7-6-12(8-13)10-17(16,20)14-4-3-5-15(19)9-14;/h3-5,9,12-13,16,19-20H,6-8,10-11H2,1-2H3;1H. The van der Waals surface area contributed by atoms with Crippen LogP contribution in [0.4, 0.5) is 0 Å². The molecule has 21 heavy (non-hydrogen) atoms. The van der Waals surface area contributed by atoms with E-state index in [9.17, 15) is 10.2 Å². The van der Waals surface area contributed by atoms with Crippen molar-refractivity contribution in [1.82, 2.24) is 4.90 Å². The second-order valence-electron chi connectivity index (χ2n) is 6.99. The Labute approximate surface area is 133 Å². The van der Waals surface area contributed by atoms with Crippen LogP contribution >= 0.6 is 12.4 Å². The molecule has 118 valence electrons. The molecule has 0 amide bonds.